The summed E-state index contributed by atoms with van der Waals surface area (Å²) < 4.78 is 70.6. The summed E-state index contributed by atoms with van der Waals surface area (Å²) in [5.74, 6) is -7.85. The van der Waals surface area contributed by atoms with Crippen LogP contribution in [0.15, 0.2) is 41.9 Å². The highest BCUT2D eigenvalue weighted by Gasteiger charge is 2.55. The third kappa shape index (κ3) is 4.84. The molecule has 2 unspecified atom stereocenters. The van der Waals surface area contributed by atoms with Gasteiger partial charge in [0.15, 0.2) is 5.11 Å². The lowest BCUT2D eigenvalue weighted by Gasteiger charge is -2.30. The number of amides is 2. The van der Waals surface area contributed by atoms with E-state index in [1.54, 1.807) is 0 Å². The van der Waals surface area contributed by atoms with E-state index >= 15 is 4.39 Å². The minimum Gasteiger partial charge on any atom is -0.359 e. The van der Waals surface area contributed by atoms with Crippen LogP contribution in [0, 0.1) is 29.0 Å². The van der Waals surface area contributed by atoms with Gasteiger partial charge in [0.1, 0.15) is 23.1 Å². The van der Waals surface area contributed by atoms with Gasteiger partial charge in [-0.05, 0) is 62.7 Å². The molecule has 0 radical (unpaired) electrons. The maximum Gasteiger partial charge on any atom is 0.399 e. The van der Waals surface area contributed by atoms with Crippen LogP contribution in [0.4, 0.5) is 27.6 Å². The maximum absolute atomic E-state index is 15.1. The lowest BCUT2D eigenvalue weighted by Crippen LogP contribution is -2.44. The van der Waals surface area contributed by atoms with Crippen molar-refractivity contribution in [3.05, 3.63) is 53.3 Å². The van der Waals surface area contributed by atoms with E-state index in [2.05, 4.69) is 5.32 Å². The van der Waals surface area contributed by atoms with Crippen molar-refractivity contribution in [3.8, 4) is 6.07 Å². The number of carbonyl (C=O) groups is 2. The number of nitriles is 1. The van der Waals surface area contributed by atoms with Crippen LogP contribution in [-0.2, 0) is 16.0 Å². The molecule has 6 nitrogen and oxygen atoms in total. The Kier molecular flexibility index (Phi) is 7.55. The molecule has 1 N–H and O–H groups in total. The number of anilines is 1. The number of nitrogens with zero attached hydrogens (tertiary/aromatic N) is 3. The first-order valence-corrected chi connectivity index (χ1v) is 11.4. The molecule has 1 heterocycles. The fourth-order valence-corrected chi connectivity index (χ4v) is 4.75. The van der Waals surface area contributed by atoms with Crippen LogP contribution >= 0.6 is 12.2 Å². The summed E-state index contributed by atoms with van der Waals surface area (Å²) in [5.41, 5.74) is -1.71. The zero-order chi connectivity index (χ0) is 27.0. The van der Waals surface area contributed by atoms with Crippen molar-refractivity contribution < 1.29 is 31.5 Å². The molecule has 3 rings (SSSR count). The topological polar surface area (TPSA) is 76.4 Å². The highest BCUT2D eigenvalue weighted by Crippen LogP contribution is 2.45. The Balaban J connectivity index is 1.95. The number of alkyl halides is 3. The molecular weight excluding hydrogens is 503 g/mol. The molecule has 2 atom stereocenters. The number of carbonyl (C=O) groups excluding carboxylic acids is 2. The predicted octanol–water partition coefficient (Wildman–Crippen LogP) is 4.68. The van der Waals surface area contributed by atoms with Gasteiger partial charge in [0.2, 0.25) is 5.91 Å². The quantitative estimate of drug-likeness (QED) is 0.431. The summed E-state index contributed by atoms with van der Waals surface area (Å²) >= 11 is 5.36. The van der Waals surface area contributed by atoms with Crippen molar-refractivity contribution in [3.63, 3.8) is 0 Å². The number of rotatable bonds is 6. The first kappa shape index (κ1) is 27.3. The third-order valence-electron chi connectivity index (χ3n) is 6.17. The van der Waals surface area contributed by atoms with Crippen LogP contribution in [0.25, 0.3) is 0 Å². The molecule has 1 aromatic rings. The van der Waals surface area contributed by atoms with Crippen LogP contribution in [-0.4, -0.2) is 40.6 Å². The molecule has 1 aromatic carbocycles. The second kappa shape index (κ2) is 9.97. The van der Waals surface area contributed by atoms with Crippen LogP contribution in [0.2, 0.25) is 0 Å². The third-order valence-corrected chi connectivity index (χ3v) is 6.54. The molecule has 2 aliphatic rings. The molecule has 1 aliphatic carbocycles. The van der Waals surface area contributed by atoms with E-state index in [0.29, 0.717) is 16.9 Å². The average molecular weight is 527 g/mol. The van der Waals surface area contributed by atoms with E-state index < -0.39 is 46.8 Å². The van der Waals surface area contributed by atoms with E-state index in [1.165, 1.54) is 44.0 Å². The largest absolute Gasteiger partial charge is 0.399 e. The second-order valence-corrected chi connectivity index (χ2v) is 9.25. The van der Waals surface area contributed by atoms with E-state index in [-0.39, 0.29) is 29.5 Å². The highest BCUT2D eigenvalue weighted by molar-refractivity contribution is 7.80. The van der Waals surface area contributed by atoms with Gasteiger partial charge in [-0.15, -0.1) is 0 Å². The normalized spacial score (nSPS) is 21.8. The monoisotopic (exact) mass is 526 g/mol. The zero-order valence-electron chi connectivity index (χ0n) is 19.6. The average Bonchev–Trinajstić information content (AvgIpc) is 2.97. The lowest BCUT2D eigenvalue weighted by molar-refractivity contribution is -0.174. The first-order chi connectivity index (χ1) is 16.7. The Labute approximate surface area is 210 Å². The number of thiocarbonyl (C=S) groups is 1. The zero-order valence-corrected chi connectivity index (χ0v) is 20.4. The Morgan fingerprint density at radius 1 is 1.28 bits per heavy atom. The van der Waals surface area contributed by atoms with Crippen molar-refractivity contribution in [2.24, 2.45) is 11.8 Å². The fourth-order valence-electron chi connectivity index (χ4n) is 4.23. The predicted molar refractivity (Wildman–Crippen MR) is 125 cm³/mol. The van der Waals surface area contributed by atoms with Gasteiger partial charge in [0.25, 0.3) is 5.91 Å². The van der Waals surface area contributed by atoms with Crippen molar-refractivity contribution >= 4 is 34.8 Å². The summed E-state index contributed by atoms with van der Waals surface area (Å²) in [6, 6.07) is 5.51. The van der Waals surface area contributed by atoms with Gasteiger partial charge in [-0.2, -0.15) is 18.4 Å². The Morgan fingerprint density at radius 2 is 1.94 bits per heavy atom. The molecule has 12 heteroatoms. The smallest absolute Gasteiger partial charge is 0.359 e. The van der Waals surface area contributed by atoms with Gasteiger partial charge >= 0.3 is 6.18 Å². The van der Waals surface area contributed by atoms with Gasteiger partial charge in [-0.25, -0.2) is 8.78 Å². The number of aryl methyl sites for hydroxylation is 1. The SMILES string of the molecule is CNC(=O)CCCc1ccc(N2C(=S)N(C3=C(F)C(C(F)(F)F)C(C#N)C=C3)C(=O)C2(C)C)cc1F. The molecule has 0 bridgehead atoms. The van der Waals surface area contributed by atoms with Crippen LogP contribution < -0.4 is 10.2 Å². The number of nitrogens with one attached hydrogen (secondary N) is 1. The van der Waals surface area contributed by atoms with Crippen LogP contribution in [0.5, 0.6) is 0 Å². The van der Waals surface area contributed by atoms with Gasteiger partial charge in [-0.1, -0.05) is 12.1 Å². The lowest BCUT2D eigenvalue weighted by atomic mass is 9.86. The minimum absolute atomic E-state index is 0.150. The van der Waals surface area contributed by atoms with E-state index in [0.717, 1.165) is 18.2 Å². The van der Waals surface area contributed by atoms with Gasteiger partial charge in [0.05, 0.1) is 17.7 Å². The number of benzene rings is 1. The number of allylic oxidation sites excluding steroid dienone is 3. The van der Waals surface area contributed by atoms with E-state index in [9.17, 15) is 27.2 Å². The minimum atomic E-state index is -5.07. The number of hydrogen-bond acceptors (Lipinski definition) is 4. The van der Waals surface area contributed by atoms with Crippen LogP contribution in [0.3, 0.4) is 0 Å². The van der Waals surface area contributed by atoms with Crippen molar-refractivity contribution in [1.29, 1.82) is 5.26 Å². The molecular formula is C24H23F5N4O2S. The maximum atomic E-state index is 15.1. The Morgan fingerprint density at radius 3 is 2.50 bits per heavy atom. The second-order valence-electron chi connectivity index (χ2n) is 8.89. The van der Waals surface area contributed by atoms with Crippen LogP contribution in [0.1, 0.15) is 32.3 Å². The van der Waals surface area contributed by atoms with Gasteiger partial charge < -0.3 is 10.2 Å². The number of hydrogen-bond donors (Lipinski definition) is 1. The summed E-state index contributed by atoms with van der Waals surface area (Å²) in [5, 5.41) is 11.2. The molecule has 1 aliphatic heterocycles. The Bertz CT molecular complexity index is 1200. The van der Waals surface area contributed by atoms with Crippen molar-refractivity contribution in [2.75, 3.05) is 11.9 Å². The number of halogens is 5. The standard InChI is InChI=1S/C24H23F5N4O2S/c1-23(2)21(35)32(17-10-8-14(12-30)19(20(17)26)24(27,28)29)22(36)33(23)15-9-7-13(16(25)11-15)5-4-6-18(34)31-3/h7-11,14,19H,4-6H2,1-3H3,(H,31,34). The van der Waals surface area contributed by atoms with Gasteiger partial charge in [0, 0.05) is 19.2 Å². The summed E-state index contributed by atoms with van der Waals surface area (Å²) in [7, 11) is 1.50. The molecule has 0 spiro atoms. The molecule has 0 saturated carbocycles. The van der Waals surface area contributed by atoms with Crippen molar-refractivity contribution in [1.82, 2.24) is 10.2 Å². The summed E-state index contributed by atoms with van der Waals surface area (Å²) in [6.45, 7) is 2.86. The highest BCUT2D eigenvalue weighted by atomic mass is 32.1. The summed E-state index contributed by atoms with van der Waals surface area (Å²) in [4.78, 5) is 26.5. The summed E-state index contributed by atoms with van der Waals surface area (Å²) in [6.07, 6.45) is -2.36. The fraction of sp³-hybridized carbons (Fsp3) is 0.417. The molecule has 1 saturated heterocycles. The van der Waals surface area contributed by atoms with E-state index in [4.69, 9.17) is 17.5 Å². The first-order valence-electron chi connectivity index (χ1n) is 11.0. The molecule has 192 valence electrons. The molecule has 0 aromatic heterocycles. The molecule has 2 amide bonds. The molecule has 36 heavy (non-hydrogen) atoms. The van der Waals surface area contributed by atoms with Crippen molar-refractivity contribution in [2.45, 2.75) is 44.8 Å². The molecule has 1 fully saturated rings. The van der Waals surface area contributed by atoms with E-state index in [1.807, 2.05) is 0 Å². The Hall–Kier alpha value is -3.33. The van der Waals surface area contributed by atoms with Gasteiger partial charge in [-0.3, -0.25) is 14.5 Å².